The molecular formula is C30H32O4P2S2. The molecule has 0 aliphatic rings. The third kappa shape index (κ3) is 5.70. The highest BCUT2D eigenvalue weighted by Crippen LogP contribution is 2.54. The number of benzene rings is 4. The van der Waals surface area contributed by atoms with Crippen molar-refractivity contribution in [3.63, 3.8) is 0 Å². The first-order valence-corrected chi connectivity index (χ1v) is 18.1. The first-order valence-electron chi connectivity index (χ1n) is 12.1. The van der Waals surface area contributed by atoms with E-state index in [-0.39, 0.29) is 0 Å². The van der Waals surface area contributed by atoms with Crippen LogP contribution < -0.4 is 40.2 Å². The number of hydrogen-bond acceptors (Lipinski definition) is 6. The van der Waals surface area contributed by atoms with Gasteiger partial charge in [0.2, 0.25) is 0 Å². The van der Waals surface area contributed by atoms with E-state index >= 15 is 0 Å². The van der Waals surface area contributed by atoms with E-state index in [1.54, 1.807) is 28.4 Å². The van der Waals surface area contributed by atoms with Crippen LogP contribution in [0.1, 0.15) is 0 Å². The van der Waals surface area contributed by atoms with Crippen LogP contribution in [-0.4, -0.2) is 40.8 Å². The van der Waals surface area contributed by atoms with Crippen LogP contribution >= 0.6 is 12.1 Å². The maximum absolute atomic E-state index is 6.67. The highest BCUT2D eigenvalue weighted by Gasteiger charge is 2.32. The standard InChI is InChI=1S/C30H32O4P2S2/c1-31-23-15-17-27(33-3)29(21-23)35(37,25-11-7-5-8-12-25)19-20-36(38,26-13-9-6-10-14-26)30-22-24(32-2)16-18-28(30)34-4/h5-18,21-22H,19-20H2,1-4H3. The van der Waals surface area contributed by atoms with E-state index in [0.29, 0.717) is 12.3 Å². The van der Waals surface area contributed by atoms with Crippen LogP contribution in [0.15, 0.2) is 97.1 Å². The topological polar surface area (TPSA) is 36.9 Å². The molecule has 8 heteroatoms. The van der Waals surface area contributed by atoms with Crippen molar-refractivity contribution in [3.8, 4) is 23.0 Å². The average Bonchev–Trinajstić information content (AvgIpc) is 2.99. The van der Waals surface area contributed by atoms with Crippen molar-refractivity contribution in [1.82, 2.24) is 0 Å². The summed E-state index contributed by atoms with van der Waals surface area (Å²) in [6.45, 7) is 0. The minimum atomic E-state index is -2.38. The molecule has 198 valence electrons. The van der Waals surface area contributed by atoms with Gasteiger partial charge >= 0.3 is 0 Å². The van der Waals surface area contributed by atoms with E-state index in [1.165, 1.54) is 0 Å². The van der Waals surface area contributed by atoms with Crippen LogP contribution in [-0.2, 0) is 23.6 Å². The van der Waals surface area contributed by atoms with Crippen LogP contribution in [0.5, 0.6) is 23.0 Å². The number of methoxy groups -OCH3 is 4. The van der Waals surface area contributed by atoms with Gasteiger partial charge in [0.1, 0.15) is 23.0 Å². The van der Waals surface area contributed by atoms with E-state index < -0.39 is 12.1 Å². The second-order valence-electron chi connectivity index (χ2n) is 8.67. The van der Waals surface area contributed by atoms with Crippen molar-refractivity contribution in [2.75, 3.05) is 40.8 Å². The monoisotopic (exact) mass is 582 g/mol. The Morgan fingerprint density at radius 2 is 0.868 bits per heavy atom. The predicted molar refractivity (Wildman–Crippen MR) is 169 cm³/mol. The van der Waals surface area contributed by atoms with E-state index in [2.05, 4.69) is 24.3 Å². The Morgan fingerprint density at radius 1 is 0.500 bits per heavy atom. The van der Waals surface area contributed by atoms with Crippen LogP contribution in [0.2, 0.25) is 0 Å². The van der Waals surface area contributed by atoms with Gasteiger partial charge in [0.05, 0.1) is 28.4 Å². The molecule has 0 N–H and O–H groups in total. The second kappa shape index (κ2) is 12.5. The highest BCUT2D eigenvalue weighted by atomic mass is 32.4. The summed E-state index contributed by atoms with van der Waals surface area (Å²) in [5, 5.41) is 4.23. The van der Waals surface area contributed by atoms with E-state index in [4.69, 9.17) is 42.6 Å². The fraction of sp³-hybridized carbons (Fsp3) is 0.200. The molecule has 0 aromatic heterocycles. The summed E-state index contributed by atoms with van der Waals surface area (Å²) in [5.41, 5.74) is 0. The van der Waals surface area contributed by atoms with Gasteiger partial charge in [0.25, 0.3) is 0 Å². The smallest absolute Gasteiger partial charge is 0.127 e. The molecule has 4 nitrogen and oxygen atoms in total. The predicted octanol–water partition coefficient (Wildman–Crippen LogP) is 5.28. The van der Waals surface area contributed by atoms with Crippen molar-refractivity contribution in [2.24, 2.45) is 0 Å². The molecule has 0 fully saturated rings. The highest BCUT2D eigenvalue weighted by molar-refractivity contribution is 8.24. The largest absolute Gasteiger partial charge is 0.497 e. The Morgan fingerprint density at radius 3 is 1.18 bits per heavy atom. The molecule has 0 bridgehead atoms. The first-order chi connectivity index (χ1) is 18.4. The quantitative estimate of drug-likeness (QED) is 0.224. The fourth-order valence-electron chi connectivity index (χ4n) is 4.55. The summed E-state index contributed by atoms with van der Waals surface area (Å²) in [6.07, 6.45) is 1.42. The number of ether oxygens (including phenoxy) is 4. The van der Waals surface area contributed by atoms with Gasteiger partial charge in [-0.3, -0.25) is 0 Å². The lowest BCUT2D eigenvalue weighted by molar-refractivity contribution is 0.406. The molecule has 4 aromatic rings. The maximum Gasteiger partial charge on any atom is 0.127 e. The second-order valence-corrected chi connectivity index (χ2v) is 18.3. The minimum Gasteiger partial charge on any atom is -0.497 e. The van der Waals surface area contributed by atoms with Gasteiger partial charge < -0.3 is 18.9 Å². The molecule has 0 saturated carbocycles. The van der Waals surface area contributed by atoms with Gasteiger partial charge in [-0.1, -0.05) is 84.3 Å². The minimum absolute atomic E-state index is 0.711. The van der Waals surface area contributed by atoms with Crippen molar-refractivity contribution >= 4 is 56.9 Å². The Hall–Kier alpha value is -2.62. The van der Waals surface area contributed by atoms with Crippen molar-refractivity contribution in [3.05, 3.63) is 97.1 Å². The molecular weight excluding hydrogens is 550 g/mol. The normalized spacial score (nSPS) is 14.1. The zero-order chi connectivity index (χ0) is 27.2. The van der Waals surface area contributed by atoms with Crippen LogP contribution in [0, 0.1) is 0 Å². The molecule has 2 atom stereocenters. The molecule has 0 aliphatic carbocycles. The molecule has 0 amide bonds. The SMILES string of the molecule is COc1ccc(OC)c(P(=S)(CCP(=S)(c2ccccc2)c2cc(OC)ccc2OC)c2ccccc2)c1. The van der Waals surface area contributed by atoms with Gasteiger partial charge in [-0.15, -0.1) is 0 Å². The molecule has 0 heterocycles. The average molecular weight is 583 g/mol. The van der Waals surface area contributed by atoms with Gasteiger partial charge in [0, 0.05) is 22.7 Å². The third-order valence-corrected chi connectivity index (χ3v) is 16.7. The van der Waals surface area contributed by atoms with Crippen molar-refractivity contribution in [2.45, 2.75) is 0 Å². The Kier molecular flexibility index (Phi) is 9.33. The van der Waals surface area contributed by atoms with Crippen molar-refractivity contribution in [1.29, 1.82) is 0 Å². The lowest BCUT2D eigenvalue weighted by Crippen LogP contribution is -2.26. The van der Waals surface area contributed by atoms with Crippen LogP contribution in [0.3, 0.4) is 0 Å². The molecule has 0 spiro atoms. The zero-order valence-corrected chi connectivity index (χ0v) is 25.4. The molecule has 2 unspecified atom stereocenters. The third-order valence-electron chi connectivity index (χ3n) is 6.63. The van der Waals surface area contributed by atoms with Gasteiger partial charge in [-0.25, -0.2) is 0 Å². The fourth-order valence-corrected chi connectivity index (χ4v) is 14.4. The molecule has 0 aliphatic heterocycles. The number of hydrogen-bond donors (Lipinski definition) is 0. The molecule has 0 radical (unpaired) electrons. The molecule has 4 aromatic carbocycles. The van der Waals surface area contributed by atoms with Crippen LogP contribution in [0.4, 0.5) is 0 Å². The summed E-state index contributed by atoms with van der Waals surface area (Å²) in [6, 6.07) is 27.7. The van der Waals surface area contributed by atoms with E-state index in [1.807, 2.05) is 72.8 Å². The lowest BCUT2D eigenvalue weighted by atomic mass is 10.3. The maximum atomic E-state index is 6.67. The van der Waals surface area contributed by atoms with Crippen molar-refractivity contribution < 1.29 is 18.9 Å². The van der Waals surface area contributed by atoms with Gasteiger partial charge in [0.15, 0.2) is 0 Å². The zero-order valence-electron chi connectivity index (χ0n) is 22.0. The molecule has 4 rings (SSSR count). The summed E-state index contributed by atoms with van der Waals surface area (Å²) in [5.74, 6) is 3.04. The van der Waals surface area contributed by atoms with E-state index in [9.17, 15) is 0 Å². The van der Waals surface area contributed by atoms with Crippen LogP contribution in [0.25, 0.3) is 0 Å². The lowest BCUT2D eigenvalue weighted by Gasteiger charge is -2.31. The summed E-state index contributed by atoms with van der Waals surface area (Å²) < 4.78 is 22.9. The Bertz CT molecular complexity index is 1360. The molecule has 38 heavy (non-hydrogen) atoms. The summed E-state index contributed by atoms with van der Waals surface area (Å²) in [7, 11) is 6.71. The Labute approximate surface area is 235 Å². The summed E-state index contributed by atoms with van der Waals surface area (Å²) >= 11 is 13.3. The van der Waals surface area contributed by atoms with Gasteiger partial charge in [-0.2, -0.15) is 0 Å². The first kappa shape index (κ1) is 28.4. The molecule has 0 saturated heterocycles. The number of rotatable bonds is 11. The Balaban J connectivity index is 1.91. The summed E-state index contributed by atoms with van der Waals surface area (Å²) in [4.78, 5) is 0. The van der Waals surface area contributed by atoms with E-state index in [0.717, 1.165) is 44.2 Å². The van der Waals surface area contributed by atoms with Gasteiger partial charge in [-0.05, 0) is 59.3 Å².